The number of hydrogen-bond donors (Lipinski definition) is 1. The number of hydrogen-bond acceptors (Lipinski definition) is 3. The molecule has 0 fully saturated rings. The fourth-order valence-electron chi connectivity index (χ4n) is 2.76. The van der Waals surface area contributed by atoms with Gasteiger partial charge in [0.2, 0.25) is 0 Å². The number of rotatable bonds is 2. The van der Waals surface area contributed by atoms with Crippen LogP contribution in [0.1, 0.15) is 11.1 Å². The monoisotopic (exact) mass is 256 g/mol. The topological polar surface area (TPSA) is 38.7 Å². The molecular formula is C16H16O3. The van der Waals surface area contributed by atoms with Gasteiger partial charge in [-0.1, -0.05) is 12.1 Å². The van der Waals surface area contributed by atoms with Crippen LogP contribution in [0.25, 0.3) is 11.1 Å². The second kappa shape index (κ2) is 4.50. The summed E-state index contributed by atoms with van der Waals surface area (Å²) in [6.07, 6.45) is 1.85. The summed E-state index contributed by atoms with van der Waals surface area (Å²) in [6.45, 7) is 0. The van der Waals surface area contributed by atoms with Crippen LogP contribution in [0.3, 0.4) is 0 Å². The van der Waals surface area contributed by atoms with Crippen LogP contribution in [0, 0.1) is 0 Å². The summed E-state index contributed by atoms with van der Waals surface area (Å²) >= 11 is 0. The highest BCUT2D eigenvalue weighted by atomic mass is 16.5. The molecule has 0 amide bonds. The molecule has 1 N–H and O–H groups in total. The third-order valence-electron chi connectivity index (χ3n) is 3.66. The number of phenols is 1. The molecule has 0 radical (unpaired) electrons. The van der Waals surface area contributed by atoms with Gasteiger partial charge in [-0.3, -0.25) is 0 Å². The van der Waals surface area contributed by atoms with Crippen molar-refractivity contribution in [2.75, 3.05) is 14.2 Å². The highest BCUT2D eigenvalue weighted by molar-refractivity contribution is 5.83. The van der Waals surface area contributed by atoms with Crippen molar-refractivity contribution in [2.45, 2.75) is 12.8 Å². The van der Waals surface area contributed by atoms with Gasteiger partial charge in [-0.15, -0.1) is 0 Å². The van der Waals surface area contributed by atoms with Crippen LogP contribution in [0.5, 0.6) is 17.2 Å². The molecule has 3 heteroatoms. The first-order valence-corrected chi connectivity index (χ1v) is 6.30. The largest absolute Gasteiger partial charge is 0.507 e. The van der Waals surface area contributed by atoms with Crippen molar-refractivity contribution < 1.29 is 14.6 Å². The zero-order valence-corrected chi connectivity index (χ0v) is 11.1. The molecule has 19 heavy (non-hydrogen) atoms. The molecule has 1 aliphatic rings. The minimum absolute atomic E-state index is 0.307. The maximum atomic E-state index is 10.2. The molecule has 0 saturated carbocycles. The number of fused-ring (bicyclic) bond motifs is 3. The number of phenolic OH excluding ortho intramolecular Hbond substituents is 1. The lowest BCUT2D eigenvalue weighted by molar-refractivity contribution is 0.394. The quantitative estimate of drug-likeness (QED) is 0.897. The van der Waals surface area contributed by atoms with Crippen molar-refractivity contribution in [3.05, 3.63) is 41.5 Å². The fraction of sp³-hybridized carbons (Fsp3) is 0.250. The van der Waals surface area contributed by atoms with E-state index in [2.05, 4.69) is 6.07 Å². The van der Waals surface area contributed by atoms with E-state index in [1.807, 2.05) is 18.2 Å². The maximum absolute atomic E-state index is 10.2. The van der Waals surface area contributed by atoms with Crippen LogP contribution >= 0.6 is 0 Å². The van der Waals surface area contributed by atoms with E-state index in [1.54, 1.807) is 20.3 Å². The number of aromatic hydroxyl groups is 1. The molecule has 0 unspecified atom stereocenters. The van der Waals surface area contributed by atoms with Crippen molar-refractivity contribution >= 4 is 0 Å². The standard InChI is InChI=1S/C16H16O3/c1-18-12-8-11-7-6-10-4-3-5-13(17)15(10)16(11)14(9-12)19-2/h3-5,8-9,17H,6-7H2,1-2H3. The minimum atomic E-state index is 0.307. The van der Waals surface area contributed by atoms with Crippen LogP contribution in [0.4, 0.5) is 0 Å². The van der Waals surface area contributed by atoms with Crippen molar-refractivity contribution in [3.63, 3.8) is 0 Å². The van der Waals surface area contributed by atoms with Crippen molar-refractivity contribution in [2.24, 2.45) is 0 Å². The first-order valence-electron chi connectivity index (χ1n) is 6.30. The highest BCUT2D eigenvalue weighted by Crippen LogP contribution is 2.46. The number of methoxy groups -OCH3 is 2. The van der Waals surface area contributed by atoms with Crippen LogP contribution in [0.15, 0.2) is 30.3 Å². The van der Waals surface area contributed by atoms with Gasteiger partial charge in [-0.05, 0) is 36.1 Å². The smallest absolute Gasteiger partial charge is 0.130 e. The Morgan fingerprint density at radius 3 is 2.47 bits per heavy atom. The third kappa shape index (κ3) is 1.82. The molecule has 0 aromatic heterocycles. The molecule has 0 saturated heterocycles. The Labute approximate surface area is 112 Å². The van der Waals surface area contributed by atoms with E-state index in [4.69, 9.17) is 9.47 Å². The first-order chi connectivity index (χ1) is 9.24. The summed E-state index contributed by atoms with van der Waals surface area (Å²) in [5.41, 5.74) is 4.20. The summed E-state index contributed by atoms with van der Waals surface area (Å²) < 4.78 is 10.8. The van der Waals surface area contributed by atoms with E-state index in [0.29, 0.717) is 5.75 Å². The van der Waals surface area contributed by atoms with E-state index >= 15 is 0 Å². The second-order valence-corrected chi connectivity index (χ2v) is 4.68. The van der Waals surface area contributed by atoms with Gasteiger partial charge in [0.25, 0.3) is 0 Å². The SMILES string of the molecule is COc1cc2c(c(OC)c1)-c1c(O)cccc1CC2. The Bertz CT molecular complexity index is 615. The Morgan fingerprint density at radius 2 is 1.74 bits per heavy atom. The molecule has 2 aromatic carbocycles. The van der Waals surface area contributed by atoms with Crippen LogP contribution in [-0.4, -0.2) is 19.3 Å². The summed E-state index contributed by atoms with van der Waals surface area (Å²) in [7, 11) is 3.29. The van der Waals surface area contributed by atoms with Crippen LogP contribution in [0.2, 0.25) is 0 Å². The predicted molar refractivity (Wildman–Crippen MR) is 74.1 cm³/mol. The first kappa shape index (κ1) is 11.9. The average molecular weight is 256 g/mol. The molecule has 0 aliphatic heterocycles. The van der Waals surface area contributed by atoms with Gasteiger partial charge in [0.05, 0.1) is 14.2 Å². The average Bonchev–Trinajstić information content (AvgIpc) is 2.45. The van der Waals surface area contributed by atoms with Gasteiger partial charge in [0, 0.05) is 17.2 Å². The minimum Gasteiger partial charge on any atom is -0.507 e. The van der Waals surface area contributed by atoms with Gasteiger partial charge in [0.1, 0.15) is 17.2 Å². The molecule has 3 nitrogen and oxygen atoms in total. The lowest BCUT2D eigenvalue weighted by atomic mass is 9.84. The Morgan fingerprint density at radius 1 is 0.947 bits per heavy atom. The molecule has 0 bridgehead atoms. The zero-order chi connectivity index (χ0) is 13.4. The number of ether oxygens (including phenoxy) is 2. The summed E-state index contributed by atoms with van der Waals surface area (Å²) in [6, 6.07) is 9.54. The van der Waals surface area contributed by atoms with E-state index in [1.165, 1.54) is 0 Å². The fourth-order valence-corrected chi connectivity index (χ4v) is 2.76. The van der Waals surface area contributed by atoms with Gasteiger partial charge in [0.15, 0.2) is 0 Å². The molecule has 0 heterocycles. The van der Waals surface area contributed by atoms with Gasteiger partial charge < -0.3 is 14.6 Å². The van der Waals surface area contributed by atoms with Gasteiger partial charge in [-0.2, -0.15) is 0 Å². The van der Waals surface area contributed by atoms with Crippen molar-refractivity contribution in [1.29, 1.82) is 0 Å². The van der Waals surface area contributed by atoms with E-state index < -0.39 is 0 Å². The zero-order valence-electron chi connectivity index (χ0n) is 11.1. The second-order valence-electron chi connectivity index (χ2n) is 4.68. The summed E-state index contributed by atoms with van der Waals surface area (Å²) in [4.78, 5) is 0. The molecule has 0 spiro atoms. The van der Waals surface area contributed by atoms with Gasteiger partial charge >= 0.3 is 0 Å². The Balaban J connectivity index is 2.31. The van der Waals surface area contributed by atoms with Crippen LogP contribution in [-0.2, 0) is 12.8 Å². The molecule has 98 valence electrons. The van der Waals surface area contributed by atoms with Crippen molar-refractivity contribution in [3.8, 4) is 28.4 Å². The third-order valence-corrected chi connectivity index (χ3v) is 3.66. The molecule has 1 aliphatic carbocycles. The lowest BCUT2D eigenvalue weighted by Crippen LogP contribution is -2.06. The summed E-state index contributed by atoms with van der Waals surface area (Å²) in [5, 5.41) is 10.2. The lowest BCUT2D eigenvalue weighted by Gasteiger charge is -2.23. The number of aryl methyl sites for hydroxylation is 2. The summed E-state index contributed by atoms with van der Waals surface area (Å²) in [5.74, 6) is 1.84. The Hall–Kier alpha value is -2.16. The molecule has 3 rings (SSSR count). The normalized spacial score (nSPS) is 12.5. The van der Waals surface area contributed by atoms with Gasteiger partial charge in [-0.25, -0.2) is 0 Å². The molecule has 0 atom stereocenters. The molecular weight excluding hydrogens is 240 g/mol. The maximum Gasteiger partial charge on any atom is 0.130 e. The number of benzene rings is 2. The molecule has 2 aromatic rings. The Kier molecular flexibility index (Phi) is 2.82. The van der Waals surface area contributed by atoms with E-state index in [9.17, 15) is 5.11 Å². The van der Waals surface area contributed by atoms with E-state index in [0.717, 1.165) is 46.6 Å². The van der Waals surface area contributed by atoms with Crippen molar-refractivity contribution in [1.82, 2.24) is 0 Å². The highest BCUT2D eigenvalue weighted by Gasteiger charge is 2.23. The van der Waals surface area contributed by atoms with E-state index in [-0.39, 0.29) is 0 Å². The van der Waals surface area contributed by atoms with Crippen LogP contribution < -0.4 is 9.47 Å². The predicted octanol–water partition coefficient (Wildman–Crippen LogP) is 3.18.